The Bertz CT molecular complexity index is 234. The van der Waals surface area contributed by atoms with Crippen LogP contribution in [0.3, 0.4) is 0 Å². The fourth-order valence-corrected chi connectivity index (χ4v) is 2.85. The molecule has 0 aliphatic heterocycles. The van der Waals surface area contributed by atoms with Gasteiger partial charge in [-0.2, -0.15) is 13.2 Å². The van der Waals surface area contributed by atoms with Crippen molar-refractivity contribution in [2.75, 3.05) is 0 Å². The van der Waals surface area contributed by atoms with Gasteiger partial charge >= 0.3 is 6.18 Å². The molecule has 1 atom stereocenters. The van der Waals surface area contributed by atoms with Crippen LogP contribution in [-0.2, 0) is 0 Å². The monoisotopic (exact) mass is 251 g/mol. The van der Waals surface area contributed by atoms with Crippen molar-refractivity contribution in [3.63, 3.8) is 0 Å². The summed E-state index contributed by atoms with van der Waals surface area (Å²) in [5.41, 5.74) is 5.93. The van der Waals surface area contributed by atoms with Crippen LogP contribution < -0.4 is 5.73 Å². The largest absolute Gasteiger partial charge is 0.390 e. The normalized spacial score (nSPS) is 29.1. The Morgan fingerprint density at radius 2 is 1.53 bits per heavy atom. The quantitative estimate of drug-likeness (QED) is 0.785. The SMILES string of the molecule is CC(C)(C)C1CCC([C@@H](N)CC(F)(F)F)CC1. The summed E-state index contributed by atoms with van der Waals surface area (Å²) < 4.78 is 36.7. The van der Waals surface area contributed by atoms with Crippen LogP contribution >= 0.6 is 0 Å². The third kappa shape index (κ3) is 4.86. The second kappa shape index (κ2) is 5.17. The van der Waals surface area contributed by atoms with Gasteiger partial charge in [0.1, 0.15) is 0 Å². The van der Waals surface area contributed by atoms with Gasteiger partial charge in [-0.15, -0.1) is 0 Å². The minimum Gasteiger partial charge on any atom is -0.327 e. The van der Waals surface area contributed by atoms with E-state index in [-0.39, 0.29) is 11.3 Å². The fraction of sp³-hybridized carbons (Fsp3) is 1.00. The Labute approximate surface area is 102 Å². The van der Waals surface area contributed by atoms with E-state index in [0.717, 1.165) is 25.7 Å². The highest BCUT2D eigenvalue weighted by atomic mass is 19.4. The molecule has 0 aromatic rings. The molecule has 0 amide bonds. The molecule has 4 heteroatoms. The zero-order chi connectivity index (χ0) is 13.3. The topological polar surface area (TPSA) is 26.0 Å². The predicted octanol–water partition coefficient (Wildman–Crippen LogP) is 4.12. The lowest BCUT2D eigenvalue weighted by molar-refractivity contribution is -0.141. The van der Waals surface area contributed by atoms with Crippen molar-refractivity contribution in [1.29, 1.82) is 0 Å². The first-order valence-electron chi connectivity index (χ1n) is 6.42. The molecule has 0 saturated heterocycles. The van der Waals surface area contributed by atoms with Gasteiger partial charge in [0, 0.05) is 6.04 Å². The summed E-state index contributed by atoms with van der Waals surface area (Å²) in [6.45, 7) is 6.61. The van der Waals surface area contributed by atoms with E-state index in [1.165, 1.54) is 0 Å². The van der Waals surface area contributed by atoms with Gasteiger partial charge in [0.25, 0.3) is 0 Å². The highest BCUT2D eigenvalue weighted by Crippen LogP contribution is 2.41. The Kier molecular flexibility index (Phi) is 4.50. The molecule has 0 spiro atoms. The van der Waals surface area contributed by atoms with Gasteiger partial charge < -0.3 is 5.73 Å². The van der Waals surface area contributed by atoms with E-state index >= 15 is 0 Å². The molecule has 0 aromatic carbocycles. The Balaban J connectivity index is 2.42. The number of halogens is 3. The van der Waals surface area contributed by atoms with Gasteiger partial charge in [-0.1, -0.05) is 20.8 Å². The van der Waals surface area contributed by atoms with Crippen molar-refractivity contribution < 1.29 is 13.2 Å². The smallest absolute Gasteiger partial charge is 0.327 e. The lowest BCUT2D eigenvalue weighted by atomic mass is 9.68. The van der Waals surface area contributed by atoms with E-state index in [9.17, 15) is 13.2 Å². The first-order valence-corrected chi connectivity index (χ1v) is 6.42. The summed E-state index contributed by atoms with van der Waals surface area (Å²) in [6.07, 6.45) is -1.24. The van der Waals surface area contributed by atoms with E-state index in [0.29, 0.717) is 5.92 Å². The van der Waals surface area contributed by atoms with E-state index in [1.807, 2.05) is 0 Å². The fourth-order valence-electron chi connectivity index (χ4n) is 2.85. The molecule has 1 aliphatic rings. The standard InChI is InChI=1S/C13H24F3N/c1-12(2,3)10-6-4-9(5-7-10)11(17)8-13(14,15)16/h9-11H,4-8,17H2,1-3H3/t9?,10?,11-/m0/s1. The maximum atomic E-state index is 12.2. The van der Waals surface area contributed by atoms with Gasteiger partial charge in [0.05, 0.1) is 6.42 Å². The molecule has 102 valence electrons. The first kappa shape index (κ1) is 14.8. The molecule has 1 fully saturated rings. The number of hydrogen-bond acceptors (Lipinski definition) is 1. The zero-order valence-corrected chi connectivity index (χ0v) is 11.0. The molecule has 0 heterocycles. The molecule has 1 saturated carbocycles. The highest BCUT2D eigenvalue weighted by Gasteiger charge is 2.36. The van der Waals surface area contributed by atoms with Gasteiger partial charge in [-0.3, -0.25) is 0 Å². The predicted molar refractivity (Wildman–Crippen MR) is 63.6 cm³/mol. The van der Waals surface area contributed by atoms with E-state index < -0.39 is 18.6 Å². The van der Waals surface area contributed by atoms with Crippen LogP contribution in [0.2, 0.25) is 0 Å². The lowest BCUT2D eigenvalue weighted by Gasteiger charge is -2.38. The second-order valence-corrected chi connectivity index (χ2v) is 6.46. The van der Waals surface area contributed by atoms with Crippen LogP contribution in [0.15, 0.2) is 0 Å². The van der Waals surface area contributed by atoms with Crippen LogP contribution in [0, 0.1) is 17.3 Å². The average Bonchev–Trinajstić information content (AvgIpc) is 2.14. The molecule has 0 bridgehead atoms. The highest BCUT2D eigenvalue weighted by molar-refractivity contribution is 4.85. The summed E-state index contributed by atoms with van der Waals surface area (Å²) in [6, 6.07) is -0.712. The summed E-state index contributed by atoms with van der Waals surface area (Å²) in [7, 11) is 0. The summed E-state index contributed by atoms with van der Waals surface area (Å²) >= 11 is 0. The zero-order valence-electron chi connectivity index (χ0n) is 11.0. The molecule has 1 nitrogen and oxygen atoms in total. The van der Waals surface area contributed by atoms with Gasteiger partial charge in [0.2, 0.25) is 0 Å². The first-order chi connectivity index (χ1) is 7.59. The molecule has 0 aromatic heterocycles. The number of rotatable bonds is 2. The average molecular weight is 251 g/mol. The Morgan fingerprint density at radius 1 is 1.06 bits per heavy atom. The summed E-state index contributed by atoms with van der Waals surface area (Å²) in [5.74, 6) is 0.673. The van der Waals surface area contributed by atoms with Crippen LogP contribution in [0.4, 0.5) is 13.2 Å². The molecular formula is C13H24F3N. The number of hydrogen-bond donors (Lipinski definition) is 1. The van der Waals surface area contributed by atoms with Crippen molar-refractivity contribution in [2.24, 2.45) is 23.0 Å². The van der Waals surface area contributed by atoms with Gasteiger partial charge in [-0.25, -0.2) is 0 Å². The minimum atomic E-state index is -4.12. The summed E-state index contributed by atoms with van der Waals surface area (Å²) in [4.78, 5) is 0. The van der Waals surface area contributed by atoms with Crippen molar-refractivity contribution in [3.05, 3.63) is 0 Å². The third-order valence-electron chi connectivity index (χ3n) is 4.07. The number of alkyl halides is 3. The van der Waals surface area contributed by atoms with Crippen molar-refractivity contribution in [1.82, 2.24) is 0 Å². The number of nitrogens with two attached hydrogens (primary N) is 1. The van der Waals surface area contributed by atoms with Gasteiger partial charge in [0.15, 0.2) is 0 Å². The molecule has 1 aliphatic carbocycles. The van der Waals surface area contributed by atoms with Crippen LogP contribution in [0.5, 0.6) is 0 Å². The van der Waals surface area contributed by atoms with E-state index in [4.69, 9.17) is 5.73 Å². The molecule has 2 N–H and O–H groups in total. The maximum absolute atomic E-state index is 12.2. The second-order valence-electron chi connectivity index (χ2n) is 6.46. The third-order valence-corrected chi connectivity index (χ3v) is 4.07. The van der Waals surface area contributed by atoms with Crippen LogP contribution in [0.1, 0.15) is 52.9 Å². The molecule has 0 unspecified atom stereocenters. The van der Waals surface area contributed by atoms with Crippen molar-refractivity contribution >= 4 is 0 Å². The van der Waals surface area contributed by atoms with E-state index in [2.05, 4.69) is 20.8 Å². The summed E-state index contributed by atoms with van der Waals surface area (Å²) in [5, 5.41) is 0. The molecule has 0 radical (unpaired) electrons. The van der Waals surface area contributed by atoms with Crippen molar-refractivity contribution in [2.45, 2.75) is 65.1 Å². The molecule has 17 heavy (non-hydrogen) atoms. The maximum Gasteiger partial charge on any atom is 0.390 e. The molecular weight excluding hydrogens is 227 g/mol. The molecule has 1 rings (SSSR count). The van der Waals surface area contributed by atoms with Crippen LogP contribution in [0.25, 0.3) is 0 Å². The lowest BCUT2D eigenvalue weighted by Crippen LogP contribution is -2.38. The van der Waals surface area contributed by atoms with Gasteiger partial charge in [-0.05, 0) is 42.9 Å². The minimum absolute atomic E-state index is 0.0511. The van der Waals surface area contributed by atoms with Crippen LogP contribution in [-0.4, -0.2) is 12.2 Å². The van der Waals surface area contributed by atoms with E-state index in [1.54, 1.807) is 0 Å². The Hall–Kier alpha value is -0.250. The van der Waals surface area contributed by atoms with Crippen molar-refractivity contribution in [3.8, 4) is 0 Å². The Morgan fingerprint density at radius 3 is 1.88 bits per heavy atom.